The van der Waals surface area contributed by atoms with Crippen molar-refractivity contribution in [1.82, 2.24) is 0 Å². The predicted molar refractivity (Wildman–Crippen MR) is 54.6 cm³/mol. The van der Waals surface area contributed by atoms with E-state index in [2.05, 4.69) is 0 Å². The Morgan fingerprint density at radius 1 is 1.36 bits per heavy atom. The summed E-state index contributed by atoms with van der Waals surface area (Å²) in [5.74, 6) is -1.56. The van der Waals surface area contributed by atoms with Crippen LogP contribution in [-0.2, 0) is 0 Å². The van der Waals surface area contributed by atoms with Gasteiger partial charge in [0.15, 0.2) is 0 Å². The smallest absolute Gasteiger partial charge is 0.149 e. The summed E-state index contributed by atoms with van der Waals surface area (Å²) in [6, 6.07) is 1.34. The van der Waals surface area contributed by atoms with Crippen LogP contribution in [0.5, 0.6) is 0 Å². The van der Waals surface area contributed by atoms with E-state index in [1.54, 1.807) is 0 Å². The van der Waals surface area contributed by atoms with Crippen LogP contribution in [0.2, 0.25) is 5.02 Å². The maximum atomic E-state index is 13.2. The Balaban J connectivity index is 0.00000169. The van der Waals surface area contributed by atoms with Gasteiger partial charge in [-0.15, -0.1) is 12.4 Å². The van der Waals surface area contributed by atoms with Crippen molar-refractivity contribution >= 4 is 24.0 Å². The second-order valence-corrected chi connectivity index (χ2v) is 3.01. The van der Waals surface area contributed by atoms with Crippen LogP contribution >= 0.6 is 24.0 Å². The summed E-state index contributed by atoms with van der Waals surface area (Å²) in [5.41, 5.74) is 10.3. The summed E-state index contributed by atoms with van der Waals surface area (Å²) < 4.78 is 26.2. The molecule has 6 heteroatoms. The molecule has 0 unspecified atom stereocenters. The Morgan fingerprint density at radius 2 is 1.93 bits per heavy atom. The molecule has 1 aromatic rings. The molecule has 0 aromatic heterocycles. The zero-order chi connectivity index (χ0) is 10.0. The monoisotopic (exact) mass is 242 g/mol. The average molecular weight is 243 g/mol. The number of hydrogen-bond acceptors (Lipinski definition) is 2. The van der Waals surface area contributed by atoms with Crippen LogP contribution in [-0.4, -0.2) is 6.54 Å². The van der Waals surface area contributed by atoms with E-state index in [4.69, 9.17) is 23.1 Å². The number of benzene rings is 1. The molecule has 0 bridgehead atoms. The molecule has 0 spiro atoms. The van der Waals surface area contributed by atoms with E-state index < -0.39 is 17.7 Å². The van der Waals surface area contributed by atoms with E-state index in [-0.39, 0.29) is 29.5 Å². The molecule has 1 aromatic carbocycles. The lowest BCUT2D eigenvalue weighted by Crippen LogP contribution is -2.23. The number of hydrogen-bond donors (Lipinski definition) is 2. The molecule has 0 heterocycles. The van der Waals surface area contributed by atoms with Crippen LogP contribution in [0.15, 0.2) is 12.1 Å². The third-order valence-corrected chi connectivity index (χ3v) is 2.00. The summed E-state index contributed by atoms with van der Waals surface area (Å²) in [5, 5.41) is -0.152. The number of nitrogens with two attached hydrogens (primary N) is 2. The summed E-state index contributed by atoms with van der Waals surface area (Å²) in [6.07, 6.45) is 0. The predicted octanol–water partition coefficient (Wildman–Crippen LogP) is 2.00. The SMILES string of the molecule is Cl.NC[C@H](N)c1c(F)ccc(Cl)c1F. The maximum Gasteiger partial charge on any atom is 0.149 e. The van der Waals surface area contributed by atoms with E-state index in [9.17, 15) is 8.78 Å². The molecule has 1 rings (SSSR count). The molecule has 0 aliphatic rings. The fourth-order valence-corrected chi connectivity index (χ4v) is 1.17. The molecule has 1 atom stereocenters. The molecule has 0 radical (unpaired) electrons. The minimum absolute atomic E-state index is 0. The first-order chi connectivity index (χ1) is 6.07. The topological polar surface area (TPSA) is 52.0 Å². The largest absolute Gasteiger partial charge is 0.329 e. The van der Waals surface area contributed by atoms with E-state index in [1.165, 1.54) is 0 Å². The molecule has 0 saturated carbocycles. The summed E-state index contributed by atoms with van der Waals surface area (Å²) in [7, 11) is 0. The maximum absolute atomic E-state index is 13.2. The Hall–Kier alpha value is -0.420. The van der Waals surface area contributed by atoms with Gasteiger partial charge in [0.05, 0.1) is 5.02 Å². The standard InChI is InChI=1S/C8H9ClF2N2.ClH/c9-4-1-2-5(10)7(8(4)11)6(13)3-12;/h1-2,6H,3,12-13H2;1H/t6-;/m0./s1. The average Bonchev–Trinajstić information content (AvgIpc) is 2.12. The van der Waals surface area contributed by atoms with Crippen LogP contribution in [0, 0.1) is 11.6 Å². The van der Waals surface area contributed by atoms with Gasteiger partial charge in [0.1, 0.15) is 11.6 Å². The molecule has 80 valence electrons. The fourth-order valence-electron chi connectivity index (χ4n) is 1.00. The summed E-state index contributed by atoms with van der Waals surface area (Å²) in [6.45, 7) is -0.0335. The van der Waals surface area contributed by atoms with Crippen molar-refractivity contribution in [1.29, 1.82) is 0 Å². The van der Waals surface area contributed by atoms with Gasteiger partial charge in [-0.2, -0.15) is 0 Å². The Kier molecular flexibility index (Phi) is 5.29. The van der Waals surface area contributed by atoms with Crippen molar-refractivity contribution in [3.63, 3.8) is 0 Å². The quantitative estimate of drug-likeness (QED) is 0.780. The normalized spacial score (nSPS) is 12.1. The van der Waals surface area contributed by atoms with Gasteiger partial charge in [-0.3, -0.25) is 0 Å². The highest BCUT2D eigenvalue weighted by molar-refractivity contribution is 6.30. The zero-order valence-corrected chi connectivity index (χ0v) is 8.71. The van der Waals surface area contributed by atoms with Crippen LogP contribution in [0.1, 0.15) is 11.6 Å². The third-order valence-electron chi connectivity index (χ3n) is 1.70. The second-order valence-electron chi connectivity index (χ2n) is 2.60. The van der Waals surface area contributed by atoms with Crippen molar-refractivity contribution in [2.45, 2.75) is 6.04 Å². The van der Waals surface area contributed by atoms with Gasteiger partial charge >= 0.3 is 0 Å². The minimum Gasteiger partial charge on any atom is -0.329 e. The van der Waals surface area contributed by atoms with E-state index in [0.717, 1.165) is 12.1 Å². The highest BCUT2D eigenvalue weighted by atomic mass is 35.5. The molecular formula is C8H10Cl2F2N2. The first-order valence-corrected chi connectivity index (χ1v) is 4.04. The Morgan fingerprint density at radius 3 is 2.43 bits per heavy atom. The van der Waals surface area contributed by atoms with Gasteiger partial charge in [-0.1, -0.05) is 11.6 Å². The summed E-state index contributed by atoms with van der Waals surface area (Å²) in [4.78, 5) is 0. The van der Waals surface area contributed by atoms with Gasteiger partial charge in [-0.25, -0.2) is 8.78 Å². The van der Waals surface area contributed by atoms with Gasteiger partial charge < -0.3 is 11.5 Å². The van der Waals surface area contributed by atoms with Gasteiger partial charge in [0, 0.05) is 18.2 Å². The molecule has 2 nitrogen and oxygen atoms in total. The molecule has 0 amide bonds. The molecule has 4 N–H and O–H groups in total. The lowest BCUT2D eigenvalue weighted by Gasteiger charge is -2.11. The van der Waals surface area contributed by atoms with Crippen molar-refractivity contribution in [2.24, 2.45) is 11.5 Å². The Bertz CT molecular complexity index is 320. The highest BCUT2D eigenvalue weighted by Gasteiger charge is 2.17. The van der Waals surface area contributed by atoms with E-state index >= 15 is 0 Å². The van der Waals surface area contributed by atoms with Gasteiger partial charge in [0.2, 0.25) is 0 Å². The minimum atomic E-state index is -0.862. The molecule has 0 saturated heterocycles. The highest BCUT2D eigenvalue weighted by Crippen LogP contribution is 2.24. The van der Waals surface area contributed by atoms with E-state index in [1.807, 2.05) is 0 Å². The van der Waals surface area contributed by atoms with Crippen LogP contribution < -0.4 is 11.5 Å². The number of halogens is 4. The second kappa shape index (κ2) is 5.46. The lowest BCUT2D eigenvalue weighted by atomic mass is 10.1. The fraction of sp³-hybridized carbons (Fsp3) is 0.250. The third kappa shape index (κ3) is 2.54. The number of rotatable bonds is 2. The first-order valence-electron chi connectivity index (χ1n) is 3.67. The van der Waals surface area contributed by atoms with Crippen molar-refractivity contribution < 1.29 is 8.78 Å². The Labute approximate surface area is 91.6 Å². The van der Waals surface area contributed by atoms with Crippen molar-refractivity contribution in [3.8, 4) is 0 Å². The molecular weight excluding hydrogens is 233 g/mol. The molecule has 0 aliphatic carbocycles. The van der Waals surface area contributed by atoms with Crippen molar-refractivity contribution in [3.05, 3.63) is 34.4 Å². The first kappa shape index (κ1) is 13.6. The van der Waals surface area contributed by atoms with E-state index in [0.29, 0.717) is 0 Å². The molecule has 0 aliphatic heterocycles. The van der Waals surface area contributed by atoms with Gasteiger partial charge in [-0.05, 0) is 12.1 Å². The molecule has 0 fully saturated rings. The molecule has 14 heavy (non-hydrogen) atoms. The zero-order valence-electron chi connectivity index (χ0n) is 7.14. The van der Waals surface area contributed by atoms with Gasteiger partial charge in [0.25, 0.3) is 0 Å². The summed E-state index contributed by atoms with van der Waals surface area (Å²) >= 11 is 5.45. The van der Waals surface area contributed by atoms with Crippen LogP contribution in [0.4, 0.5) is 8.78 Å². The van der Waals surface area contributed by atoms with Crippen LogP contribution in [0.3, 0.4) is 0 Å². The lowest BCUT2D eigenvalue weighted by molar-refractivity contribution is 0.528. The van der Waals surface area contributed by atoms with Crippen LogP contribution in [0.25, 0.3) is 0 Å². The van der Waals surface area contributed by atoms with Crippen molar-refractivity contribution in [2.75, 3.05) is 6.54 Å².